The SMILES string of the molecule is COOc1cc(F)ccc1Nc1ncnc2sc(C(N)=O)c(C)c12. The summed E-state index contributed by atoms with van der Waals surface area (Å²) in [6.45, 7) is 1.77. The van der Waals surface area contributed by atoms with Gasteiger partial charge in [0.1, 0.15) is 22.8 Å². The summed E-state index contributed by atoms with van der Waals surface area (Å²) < 4.78 is 13.4. The number of carbonyl (C=O) groups is 1. The third-order valence-corrected chi connectivity index (χ3v) is 4.53. The summed E-state index contributed by atoms with van der Waals surface area (Å²) in [6, 6.07) is 3.95. The number of fused-ring (bicyclic) bond motifs is 1. The number of nitrogens with one attached hydrogen (secondary N) is 1. The third-order valence-electron chi connectivity index (χ3n) is 3.32. The predicted molar refractivity (Wildman–Crippen MR) is 88.0 cm³/mol. The van der Waals surface area contributed by atoms with E-state index < -0.39 is 11.7 Å². The number of amides is 1. The number of carbonyl (C=O) groups excluding carboxylic acids is 1. The molecule has 3 N–H and O–H groups in total. The topological polar surface area (TPSA) is 99.4 Å². The fourth-order valence-corrected chi connectivity index (χ4v) is 3.29. The molecule has 0 aliphatic heterocycles. The average molecular weight is 348 g/mol. The molecule has 0 atom stereocenters. The molecular formula is C15H13FN4O3S. The Morgan fingerprint density at radius 2 is 2.17 bits per heavy atom. The maximum atomic E-state index is 13.4. The second kappa shape index (κ2) is 6.38. The Morgan fingerprint density at radius 1 is 1.38 bits per heavy atom. The molecule has 3 aromatic rings. The van der Waals surface area contributed by atoms with Crippen LogP contribution in [-0.4, -0.2) is 23.0 Å². The van der Waals surface area contributed by atoms with Gasteiger partial charge in [0.25, 0.3) is 5.91 Å². The fourth-order valence-electron chi connectivity index (χ4n) is 2.29. The van der Waals surface area contributed by atoms with E-state index in [4.69, 9.17) is 10.6 Å². The van der Waals surface area contributed by atoms with E-state index in [0.29, 0.717) is 32.2 Å². The Bertz CT molecular complexity index is 928. The van der Waals surface area contributed by atoms with E-state index in [1.165, 1.54) is 43.0 Å². The normalized spacial score (nSPS) is 10.8. The second-order valence-electron chi connectivity index (χ2n) is 4.84. The molecule has 0 saturated heterocycles. The minimum atomic E-state index is -0.522. The van der Waals surface area contributed by atoms with Crippen molar-refractivity contribution in [2.24, 2.45) is 5.73 Å². The van der Waals surface area contributed by atoms with Gasteiger partial charge in [-0.3, -0.25) is 4.79 Å². The number of nitrogens with two attached hydrogens (primary N) is 1. The molecule has 0 aliphatic carbocycles. The van der Waals surface area contributed by atoms with Crippen LogP contribution >= 0.6 is 11.3 Å². The summed E-state index contributed by atoms with van der Waals surface area (Å²) in [7, 11) is 1.32. The molecule has 1 aromatic carbocycles. The maximum absolute atomic E-state index is 13.4. The summed E-state index contributed by atoms with van der Waals surface area (Å²) in [5.41, 5.74) is 6.52. The molecule has 0 spiro atoms. The summed E-state index contributed by atoms with van der Waals surface area (Å²) in [5, 5.41) is 3.72. The van der Waals surface area contributed by atoms with E-state index in [1.807, 2.05) is 0 Å². The highest BCUT2D eigenvalue weighted by molar-refractivity contribution is 7.20. The molecule has 0 aliphatic rings. The zero-order valence-corrected chi connectivity index (χ0v) is 13.6. The number of anilines is 2. The van der Waals surface area contributed by atoms with Gasteiger partial charge in [-0.05, 0) is 24.6 Å². The molecule has 0 saturated carbocycles. The quantitative estimate of drug-likeness (QED) is 0.543. The van der Waals surface area contributed by atoms with Gasteiger partial charge in [0.15, 0.2) is 5.75 Å². The lowest BCUT2D eigenvalue weighted by atomic mass is 10.2. The van der Waals surface area contributed by atoms with Crippen molar-refractivity contribution in [2.75, 3.05) is 12.4 Å². The molecule has 9 heteroatoms. The Morgan fingerprint density at radius 3 is 2.88 bits per heavy atom. The number of rotatable bonds is 5. The largest absolute Gasteiger partial charge is 0.365 e. The summed E-state index contributed by atoms with van der Waals surface area (Å²) in [6.07, 6.45) is 1.37. The van der Waals surface area contributed by atoms with E-state index >= 15 is 0 Å². The number of thiophene rings is 1. The van der Waals surface area contributed by atoms with Crippen LogP contribution in [0.1, 0.15) is 15.2 Å². The summed E-state index contributed by atoms with van der Waals surface area (Å²) in [4.78, 5) is 30.5. The molecule has 124 valence electrons. The van der Waals surface area contributed by atoms with Crippen LogP contribution in [0.2, 0.25) is 0 Å². The molecule has 7 nitrogen and oxygen atoms in total. The number of hydrogen-bond donors (Lipinski definition) is 2. The Labute approximate surface area is 140 Å². The molecule has 2 aromatic heterocycles. The van der Waals surface area contributed by atoms with Gasteiger partial charge < -0.3 is 15.9 Å². The fraction of sp³-hybridized carbons (Fsp3) is 0.133. The first-order valence-electron chi connectivity index (χ1n) is 6.82. The highest BCUT2D eigenvalue weighted by atomic mass is 32.1. The first-order valence-corrected chi connectivity index (χ1v) is 7.64. The molecular weight excluding hydrogens is 335 g/mol. The van der Waals surface area contributed by atoms with Crippen molar-refractivity contribution in [3.63, 3.8) is 0 Å². The van der Waals surface area contributed by atoms with Gasteiger partial charge >= 0.3 is 0 Å². The van der Waals surface area contributed by atoms with Gasteiger partial charge in [0.2, 0.25) is 0 Å². The van der Waals surface area contributed by atoms with Crippen LogP contribution in [0, 0.1) is 12.7 Å². The van der Waals surface area contributed by atoms with Crippen LogP contribution in [0.15, 0.2) is 24.5 Å². The molecule has 0 unspecified atom stereocenters. The molecule has 0 bridgehead atoms. The van der Waals surface area contributed by atoms with Crippen molar-refractivity contribution in [3.05, 3.63) is 40.8 Å². The number of aromatic nitrogens is 2. The minimum absolute atomic E-state index is 0.160. The summed E-state index contributed by atoms with van der Waals surface area (Å²) in [5.74, 6) is -0.379. The van der Waals surface area contributed by atoms with Gasteiger partial charge in [-0.2, -0.15) is 4.89 Å². The number of primary amides is 1. The molecule has 1 amide bonds. The van der Waals surface area contributed by atoms with Gasteiger partial charge in [-0.1, -0.05) is 0 Å². The van der Waals surface area contributed by atoms with Crippen molar-refractivity contribution < 1.29 is 19.0 Å². The Hall–Kier alpha value is -2.78. The number of nitrogens with zero attached hydrogens (tertiary/aromatic N) is 2. The lowest BCUT2D eigenvalue weighted by Crippen LogP contribution is -2.09. The minimum Gasteiger partial charge on any atom is -0.365 e. The van der Waals surface area contributed by atoms with Crippen LogP contribution in [0.4, 0.5) is 15.9 Å². The van der Waals surface area contributed by atoms with Crippen molar-refractivity contribution >= 4 is 39.0 Å². The molecule has 3 rings (SSSR count). The Kier molecular flexibility index (Phi) is 4.28. The predicted octanol–water partition coefficient (Wildman–Crippen LogP) is 2.92. The van der Waals surface area contributed by atoms with Crippen molar-refractivity contribution in [3.8, 4) is 5.75 Å². The number of aryl methyl sites for hydroxylation is 1. The maximum Gasteiger partial charge on any atom is 0.259 e. The highest BCUT2D eigenvalue weighted by Crippen LogP contribution is 2.36. The van der Waals surface area contributed by atoms with Crippen LogP contribution in [0.25, 0.3) is 10.2 Å². The standard InChI is InChI=1S/C15H13FN4O3S/c1-7-11-14(18-6-19-15(11)24-12(7)13(17)21)20-9-4-3-8(16)5-10(9)23-22-2/h3-6H,1-2H3,(H2,17,21)(H,18,19,20). The number of hydrogen-bond acceptors (Lipinski definition) is 7. The molecule has 0 fully saturated rings. The van der Waals surface area contributed by atoms with Gasteiger partial charge in [-0.15, -0.1) is 11.3 Å². The van der Waals surface area contributed by atoms with Crippen molar-refractivity contribution in [2.45, 2.75) is 6.92 Å². The number of benzene rings is 1. The number of halogens is 1. The third kappa shape index (κ3) is 2.86. The van der Waals surface area contributed by atoms with Crippen molar-refractivity contribution in [1.29, 1.82) is 0 Å². The zero-order valence-electron chi connectivity index (χ0n) is 12.8. The smallest absolute Gasteiger partial charge is 0.259 e. The van der Waals surface area contributed by atoms with Gasteiger partial charge in [0.05, 0.1) is 23.1 Å². The Balaban J connectivity index is 2.10. The first-order chi connectivity index (χ1) is 11.5. The monoisotopic (exact) mass is 348 g/mol. The van der Waals surface area contributed by atoms with Crippen LogP contribution in [0.3, 0.4) is 0 Å². The zero-order chi connectivity index (χ0) is 17.3. The molecule has 24 heavy (non-hydrogen) atoms. The van der Waals surface area contributed by atoms with Crippen LogP contribution in [0.5, 0.6) is 5.75 Å². The lowest BCUT2D eigenvalue weighted by Gasteiger charge is -2.11. The first kappa shape index (κ1) is 16.1. The lowest BCUT2D eigenvalue weighted by molar-refractivity contribution is -0.177. The van der Waals surface area contributed by atoms with Gasteiger partial charge in [0, 0.05) is 6.07 Å². The second-order valence-corrected chi connectivity index (χ2v) is 5.84. The average Bonchev–Trinajstić information content (AvgIpc) is 2.88. The summed E-state index contributed by atoms with van der Waals surface area (Å²) >= 11 is 1.19. The van der Waals surface area contributed by atoms with Crippen molar-refractivity contribution in [1.82, 2.24) is 9.97 Å². The van der Waals surface area contributed by atoms with Crippen LogP contribution in [-0.2, 0) is 4.89 Å². The van der Waals surface area contributed by atoms with E-state index in [1.54, 1.807) is 6.92 Å². The van der Waals surface area contributed by atoms with E-state index in [-0.39, 0.29) is 5.75 Å². The van der Waals surface area contributed by atoms with Gasteiger partial charge in [-0.25, -0.2) is 14.4 Å². The van der Waals surface area contributed by atoms with E-state index in [9.17, 15) is 9.18 Å². The highest BCUT2D eigenvalue weighted by Gasteiger charge is 2.18. The van der Waals surface area contributed by atoms with E-state index in [0.717, 1.165) is 0 Å². The molecule has 2 heterocycles. The molecule has 0 radical (unpaired) electrons. The van der Waals surface area contributed by atoms with E-state index in [2.05, 4.69) is 20.2 Å². The van der Waals surface area contributed by atoms with Crippen LogP contribution < -0.4 is 15.9 Å².